The van der Waals surface area contributed by atoms with Gasteiger partial charge in [0.2, 0.25) is 0 Å². The summed E-state index contributed by atoms with van der Waals surface area (Å²) in [6.07, 6.45) is -3.94. The maximum absolute atomic E-state index is 11.8. The molecular weight excluding hydrogens is 622 g/mol. The van der Waals surface area contributed by atoms with Gasteiger partial charge in [0.05, 0.1) is 30.9 Å². The number of nitrogens with zero attached hydrogens (tertiary/aromatic N) is 3. The van der Waals surface area contributed by atoms with Gasteiger partial charge >= 0.3 is 17.9 Å². The molecule has 0 saturated carbocycles. The van der Waals surface area contributed by atoms with E-state index in [2.05, 4.69) is 57.8 Å². The molecule has 0 amide bonds. The Hall–Kier alpha value is -5.42. The van der Waals surface area contributed by atoms with E-state index in [1.54, 1.807) is 0 Å². The number of hydrogen-bond acceptors (Lipinski definition) is 14. The molecule has 0 aliphatic carbocycles. The van der Waals surface area contributed by atoms with Crippen LogP contribution < -0.4 is 0 Å². The molecule has 7 N–H and O–H groups in total. The maximum Gasteiger partial charge on any atom is 0.340 e. The van der Waals surface area contributed by atoms with Crippen LogP contribution in [0.2, 0.25) is 0 Å². The number of aldehydes is 1. The van der Waals surface area contributed by atoms with Crippen LogP contribution in [0.4, 0.5) is 0 Å². The van der Waals surface area contributed by atoms with E-state index in [1.165, 1.54) is 24.8 Å². The van der Waals surface area contributed by atoms with Crippen molar-refractivity contribution in [3.8, 4) is 17.2 Å². The number of carboxylic acid groups (broad SMARTS) is 2. The van der Waals surface area contributed by atoms with Crippen LogP contribution in [0.5, 0.6) is 17.2 Å². The second-order valence-electron chi connectivity index (χ2n) is 10.2. The Bertz CT molecular complexity index is 1750. The predicted octanol–water partition coefficient (Wildman–Crippen LogP) is 1.45. The van der Waals surface area contributed by atoms with Gasteiger partial charge < -0.3 is 45.2 Å². The van der Waals surface area contributed by atoms with Crippen LogP contribution in [0, 0.1) is 0 Å². The van der Waals surface area contributed by atoms with E-state index in [9.17, 15) is 34.5 Å². The van der Waals surface area contributed by atoms with Crippen molar-refractivity contribution in [2.24, 2.45) is 0 Å². The summed E-state index contributed by atoms with van der Waals surface area (Å²) in [6.45, 7) is 4.09. The molecule has 1 fully saturated rings. The Morgan fingerprint density at radius 2 is 1.47 bits per heavy atom. The summed E-state index contributed by atoms with van der Waals surface area (Å²) in [5, 5.41) is 62.1. The number of morpholine rings is 1. The zero-order valence-electron chi connectivity index (χ0n) is 25.3. The second-order valence-corrected chi connectivity index (χ2v) is 10.2. The molecule has 16 heteroatoms. The Kier molecular flexibility index (Phi) is 12.1. The molecule has 0 spiro atoms. The topological polar surface area (TPSA) is 257 Å². The molecule has 2 heterocycles. The molecule has 16 nitrogen and oxygen atoms in total. The van der Waals surface area contributed by atoms with Crippen LogP contribution in [0.15, 0.2) is 48.5 Å². The minimum atomic E-state index is -2.27. The number of ether oxygens (including phenoxy) is 2. The van der Waals surface area contributed by atoms with E-state index in [0.717, 1.165) is 19.2 Å². The first-order valence-electron chi connectivity index (χ1n) is 13.8. The number of fused-ring (bicyclic) bond motifs is 2. The molecule has 1 aliphatic heterocycles. The third kappa shape index (κ3) is 8.25. The molecular formula is C31H33N3O13. The molecule has 3 aromatic carbocycles. The highest BCUT2D eigenvalue weighted by Crippen LogP contribution is 2.35. The number of benzene rings is 3. The number of carboxylic acids is 2. The molecule has 1 aromatic heterocycles. The van der Waals surface area contributed by atoms with Gasteiger partial charge in [-0.2, -0.15) is 0 Å². The van der Waals surface area contributed by atoms with Gasteiger partial charge in [-0.3, -0.25) is 9.69 Å². The van der Waals surface area contributed by atoms with Gasteiger partial charge in [-0.05, 0) is 31.7 Å². The molecule has 5 rings (SSSR count). The molecule has 250 valence electrons. The van der Waals surface area contributed by atoms with Gasteiger partial charge in [0, 0.05) is 18.7 Å². The van der Waals surface area contributed by atoms with Gasteiger partial charge in [0.25, 0.3) is 0 Å². The SMILES string of the molecule is COC(=O)c1ccc(O)c2nc3c(C=O)c(O)cc(O)c3nc12.C[C@H]1[C@H](c2ccccc2)OCCN1C.O=C(O)C(O)C(O)C(=O)O. The van der Waals surface area contributed by atoms with Crippen molar-refractivity contribution >= 4 is 46.3 Å². The van der Waals surface area contributed by atoms with Crippen molar-refractivity contribution in [3.63, 3.8) is 0 Å². The van der Waals surface area contributed by atoms with Crippen LogP contribution in [0.1, 0.15) is 39.3 Å². The molecule has 4 atom stereocenters. The fraction of sp³-hybridized carbons (Fsp3) is 0.290. The van der Waals surface area contributed by atoms with Crippen LogP contribution in [0.3, 0.4) is 0 Å². The average Bonchev–Trinajstić information content (AvgIpc) is 3.05. The van der Waals surface area contributed by atoms with Crippen molar-refractivity contribution < 1.29 is 64.4 Å². The number of phenols is 3. The molecule has 0 radical (unpaired) electrons. The standard InChI is InChI=1S/C15H10N2O6.C12H17NO.C4H6O6/c1-23-15(22)6-2-3-8(19)13-11(6)16-14-10(21)4-9(20)7(5-18)12(14)17-13;1-10-12(14-9-8-13(10)2)11-6-4-3-5-7-11;5-1(3(7)8)2(6)4(9)10/h2-5,19-21H,1H3;3-7,10,12H,8-9H2,1-2H3;1-2,5-6H,(H,7,8)(H,9,10)/t;10-,12+;/m.0./s1. The monoisotopic (exact) mass is 655 g/mol. The minimum Gasteiger partial charge on any atom is -0.507 e. The summed E-state index contributed by atoms with van der Waals surface area (Å²) in [5.41, 5.74) is 0.891. The summed E-state index contributed by atoms with van der Waals surface area (Å²) in [7, 11) is 3.35. The summed E-state index contributed by atoms with van der Waals surface area (Å²) in [6, 6.07) is 14.4. The van der Waals surface area contributed by atoms with E-state index in [0.29, 0.717) is 12.3 Å². The number of aromatic hydroxyl groups is 3. The highest BCUT2D eigenvalue weighted by molar-refractivity contribution is 6.08. The molecule has 1 aliphatic rings. The van der Waals surface area contributed by atoms with Crippen molar-refractivity contribution in [2.75, 3.05) is 27.3 Å². The maximum atomic E-state index is 11.8. The summed E-state index contributed by atoms with van der Waals surface area (Å²) < 4.78 is 10.4. The molecule has 1 saturated heterocycles. The van der Waals surface area contributed by atoms with Crippen LogP contribution in [-0.4, -0.2) is 120 Å². The van der Waals surface area contributed by atoms with E-state index >= 15 is 0 Å². The number of aliphatic carboxylic acids is 2. The lowest BCUT2D eigenvalue weighted by Crippen LogP contribution is -2.42. The van der Waals surface area contributed by atoms with E-state index in [1.807, 2.05) is 6.07 Å². The first kappa shape index (κ1) is 36.1. The fourth-order valence-electron chi connectivity index (χ4n) is 4.46. The first-order chi connectivity index (χ1) is 22.2. The van der Waals surface area contributed by atoms with Crippen molar-refractivity contribution in [3.05, 3.63) is 65.2 Å². The molecule has 2 unspecified atom stereocenters. The number of methoxy groups -OCH3 is 1. The number of carbonyl (C=O) groups is 4. The lowest BCUT2D eigenvalue weighted by Gasteiger charge is -2.37. The molecule has 4 aromatic rings. The van der Waals surface area contributed by atoms with E-state index < -0.39 is 41.6 Å². The highest BCUT2D eigenvalue weighted by Gasteiger charge is 2.29. The summed E-state index contributed by atoms with van der Waals surface area (Å²) in [5.74, 6) is -5.40. The molecule has 47 heavy (non-hydrogen) atoms. The van der Waals surface area contributed by atoms with Gasteiger partial charge in [-0.1, -0.05) is 30.3 Å². The van der Waals surface area contributed by atoms with Crippen LogP contribution >= 0.6 is 0 Å². The summed E-state index contributed by atoms with van der Waals surface area (Å²) in [4.78, 5) is 53.0. The first-order valence-corrected chi connectivity index (χ1v) is 13.8. The van der Waals surface area contributed by atoms with E-state index in [4.69, 9.17) is 25.2 Å². The molecule has 0 bridgehead atoms. The van der Waals surface area contributed by atoms with Gasteiger partial charge in [0.1, 0.15) is 39.3 Å². The number of aliphatic hydroxyl groups is 2. The lowest BCUT2D eigenvalue weighted by molar-refractivity contribution is -0.165. The smallest absolute Gasteiger partial charge is 0.340 e. The highest BCUT2D eigenvalue weighted by atomic mass is 16.5. The number of esters is 1. The third-order valence-corrected chi connectivity index (χ3v) is 7.18. The van der Waals surface area contributed by atoms with Crippen LogP contribution in [-0.2, 0) is 19.1 Å². The van der Waals surface area contributed by atoms with Crippen LogP contribution in [0.25, 0.3) is 22.1 Å². The number of likely N-dealkylation sites (N-methyl/N-ethyl adjacent to an activating group) is 1. The number of hydrogen-bond donors (Lipinski definition) is 7. The average molecular weight is 656 g/mol. The van der Waals surface area contributed by atoms with Crippen molar-refractivity contribution in [1.29, 1.82) is 0 Å². The fourth-order valence-corrected chi connectivity index (χ4v) is 4.46. The Labute approximate surface area is 266 Å². The predicted molar refractivity (Wildman–Crippen MR) is 163 cm³/mol. The normalized spacial score (nSPS) is 17.3. The third-order valence-electron chi connectivity index (χ3n) is 7.18. The summed E-state index contributed by atoms with van der Waals surface area (Å²) >= 11 is 0. The Morgan fingerprint density at radius 1 is 0.894 bits per heavy atom. The number of phenolic OH excluding ortho intramolecular Hbond substituents is 3. The Balaban J connectivity index is 0.000000213. The van der Waals surface area contributed by atoms with E-state index in [-0.39, 0.29) is 45.0 Å². The quantitative estimate of drug-likeness (QED) is 0.0881. The Morgan fingerprint density at radius 3 is 2.02 bits per heavy atom. The van der Waals surface area contributed by atoms with Crippen molar-refractivity contribution in [2.45, 2.75) is 31.3 Å². The second kappa shape index (κ2) is 15.7. The zero-order valence-corrected chi connectivity index (χ0v) is 25.3. The number of aliphatic hydroxyl groups excluding tert-OH is 2. The number of aromatic nitrogens is 2. The van der Waals surface area contributed by atoms with Gasteiger partial charge in [-0.15, -0.1) is 0 Å². The van der Waals surface area contributed by atoms with Gasteiger partial charge in [-0.25, -0.2) is 24.4 Å². The largest absolute Gasteiger partial charge is 0.507 e. The minimum absolute atomic E-state index is 0.00203. The van der Waals surface area contributed by atoms with Crippen molar-refractivity contribution in [1.82, 2.24) is 14.9 Å². The number of rotatable bonds is 6. The van der Waals surface area contributed by atoms with Gasteiger partial charge in [0.15, 0.2) is 18.5 Å². The number of carbonyl (C=O) groups excluding carboxylic acids is 2. The lowest BCUT2D eigenvalue weighted by atomic mass is 10.0. The zero-order chi connectivity index (χ0) is 35.0.